The maximum Gasteiger partial charge on any atom is 0.281 e. The Labute approximate surface area is 156 Å². The number of nitrogens with zero attached hydrogens (tertiary/aromatic N) is 3. The maximum atomic E-state index is 13.0. The van der Waals surface area contributed by atoms with Crippen molar-refractivity contribution in [3.05, 3.63) is 36.1 Å². The molecule has 2 aromatic rings. The van der Waals surface area contributed by atoms with E-state index in [0.29, 0.717) is 18.3 Å². The third-order valence-electron chi connectivity index (χ3n) is 4.42. The van der Waals surface area contributed by atoms with Crippen LogP contribution in [-0.4, -0.2) is 62.8 Å². The highest BCUT2D eigenvalue weighted by Gasteiger charge is 2.23. The number of hydrogen-bond acceptors (Lipinski definition) is 6. The van der Waals surface area contributed by atoms with Gasteiger partial charge in [-0.15, -0.1) is 0 Å². The lowest BCUT2D eigenvalue weighted by Crippen LogP contribution is -3.15. The average Bonchev–Trinajstić information content (AvgIpc) is 2.68. The molecule has 9 heteroatoms. The highest BCUT2D eigenvalue weighted by molar-refractivity contribution is 5.89. The van der Waals surface area contributed by atoms with Crippen molar-refractivity contribution in [1.82, 2.24) is 9.97 Å². The minimum Gasteiger partial charge on any atom is -0.481 e. The number of hydrogen-bond donors (Lipinski definition) is 2. The Bertz CT molecular complexity index is 757. The molecule has 1 fully saturated rings. The van der Waals surface area contributed by atoms with E-state index in [1.54, 1.807) is 12.1 Å². The number of nitrogens with one attached hydrogen (secondary N) is 2. The van der Waals surface area contributed by atoms with Crippen molar-refractivity contribution in [3.63, 3.8) is 0 Å². The van der Waals surface area contributed by atoms with Crippen LogP contribution in [0.1, 0.15) is 0 Å². The summed E-state index contributed by atoms with van der Waals surface area (Å²) in [4.78, 5) is 23.9. The highest BCUT2D eigenvalue weighted by Crippen LogP contribution is 2.17. The van der Waals surface area contributed by atoms with Crippen LogP contribution >= 0.6 is 0 Å². The number of halogens is 1. The summed E-state index contributed by atoms with van der Waals surface area (Å²) < 4.78 is 23.2. The van der Waals surface area contributed by atoms with Crippen LogP contribution in [0.4, 0.5) is 16.0 Å². The fourth-order valence-electron chi connectivity index (χ4n) is 2.97. The quantitative estimate of drug-likeness (QED) is 0.737. The lowest BCUT2D eigenvalue weighted by Gasteiger charge is -2.33. The summed E-state index contributed by atoms with van der Waals surface area (Å²) in [6, 6.07) is 8.02. The normalized spacial score (nSPS) is 14.7. The first-order valence-electron chi connectivity index (χ1n) is 8.68. The number of aromatic nitrogens is 2. The van der Waals surface area contributed by atoms with Gasteiger partial charge in [0.2, 0.25) is 17.7 Å². The Morgan fingerprint density at radius 3 is 2.30 bits per heavy atom. The molecule has 8 nitrogen and oxygen atoms in total. The van der Waals surface area contributed by atoms with Gasteiger partial charge in [-0.3, -0.25) is 10.1 Å². The number of ether oxygens (including phenoxy) is 2. The van der Waals surface area contributed by atoms with E-state index in [2.05, 4.69) is 20.2 Å². The van der Waals surface area contributed by atoms with E-state index in [4.69, 9.17) is 9.47 Å². The number of rotatable bonds is 6. The molecule has 0 spiro atoms. The highest BCUT2D eigenvalue weighted by atomic mass is 19.1. The molecular formula is C18H23FN5O3+. The van der Waals surface area contributed by atoms with Crippen LogP contribution in [0.3, 0.4) is 0 Å². The summed E-state index contributed by atoms with van der Waals surface area (Å²) in [6.07, 6.45) is 0. The Kier molecular flexibility index (Phi) is 6.02. The summed E-state index contributed by atoms with van der Waals surface area (Å²) in [7, 11) is 2.97. The second kappa shape index (κ2) is 8.63. The van der Waals surface area contributed by atoms with Crippen molar-refractivity contribution in [3.8, 4) is 11.8 Å². The number of benzene rings is 1. The third kappa shape index (κ3) is 5.04. The molecule has 27 heavy (non-hydrogen) atoms. The lowest BCUT2D eigenvalue weighted by atomic mass is 10.2. The fraction of sp³-hybridized carbons (Fsp3) is 0.389. The molecule has 144 valence electrons. The summed E-state index contributed by atoms with van der Waals surface area (Å²) >= 11 is 0. The van der Waals surface area contributed by atoms with E-state index in [9.17, 15) is 9.18 Å². The van der Waals surface area contributed by atoms with E-state index in [0.717, 1.165) is 31.9 Å². The van der Waals surface area contributed by atoms with Crippen molar-refractivity contribution in [2.75, 3.05) is 57.2 Å². The predicted molar refractivity (Wildman–Crippen MR) is 97.9 cm³/mol. The van der Waals surface area contributed by atoms with Gasteiger partial charge in [0.15, 0.2) is 6.54 Å². The monoisotopic (exact) mass is 376 g/mol. The van der Waals surface area contributed by atoms with Crippen LogP contribution in [0.2, 0.25) is 0 Å². The molecule has 1 aromatic heterocycles. The van der Waals surface area contributed by atoms with E-state index in [-0.39, 0.29) is 17.7 Å². The molecule has 0 radical (unpaired) electrons. The van der Waals surface area contributed by atoms with Crippen LogP contribution in [0.15, 0.2) is 30.3 Å². The number of quaternary nitrogens is 1. The van der Waals surface area contributed by atoms with Crippen molar-refractivity contribution in [1.29, 1.82) is 0 Å². The molecule has 1 aromatic carbocycles. The number of carbonyl (C=O) groups excluding carboxylic acids is 1. The van der Waals surface area contributed by atoms with Gasteiger partial charge in [0.25, 0.3) is 5.91 Å². The summed E-state index contributed by atoms with van der Waals surface area (Å²) in [5, 5.41) is 2.69. The first-order chi connectivity index (χ1) is 13.1. The molecule has 0 aliphatic carbocycles. The van der Waals surface area contributed by atoms with Crippen molar-refractivity contribution < 1.29 is 23.6 Å². The van der Waals surface area contributed by atoms with Gasteiger partial charge in [-0.05, 0) is 24.3 Å². The average molecular weight is 376 g/mol. The van der Waals surface area contributed by atoms with Gasteiger partial charge in [0.05, 0.1) is 46.5 Å². The van der Waals surface area contributed by atoms with Gasteiger partial charge >= 0.3 is 0 Å². The zero-order valence-electron chi connectivity index (χ0n) is 15.4. The Balaban J connectivity index is 1.51. The van der Waals surface area contributed by atoms with Crippen LogP contribution in [-0.2, 0) is 4.79 Å². The second-order valence-electron chi connectivity index (χ2n) is 6.21. The number of methoxy groups -OCH3 is 2. The van der Waals surface area contributed by atoms with Crippen LogP contribution in [0, 0.1) is 5.82 Å². The van der Waals surface area contributed by atoms with E-state index in [1.165, 1.54) is 37.3 Å². The predicted octanol–water partition coefficient (Wildman–Crippen LogP) is -0.0235. The molecule has 1 aliphatic rings. The van der Waals surface area contributed by atoms with E-state index >= 15 is 0 Å². The smallest absolute Gasteiger partial charge is 0.281 e. The standard InChI is InChI=1S/C18H22FN5O3/c1-26-16-11-17(27-2)22-18(21-16)20-15(25)12-23-7-9-24(10-8-23)14-5-3-13(19)4-6-14/h3-6,11H,7-10,12H2,1-2H3,(H,20,21,22,25)/p+1. The summed E-state index contributed by atoms with van der Waals surface area (Å²) in [6.45, 7) is 3.55. The largest absolute Gasteiger partial charge is 0.481 e. The molecule has 1 amide bonds. The molecule has 0 unspecified atom stereocenters. The van der Waals surface area contributed by atoms with E-state index in [1.807, 2.05) is 0 Å². The number of anilines is 2. The van der Waals surface area contributed by atoms with Crippen molar-refractivity contribution >= 4 is 17.5 Å². The Morgan fingerprint density at radius 1 is 1.15 bits per heavy atom. The second-order valence-corrected chi connectivity index (χ2v) is 6.21. The minimum atomic E-state index is -0.240. The molecule has 3 rings (SSSR count). The molecule has 0 saturated carbocycles. The third-order valence-corrected chi connectivity index (χ3v) is 4.42. The van der Waals surface area contributed by atoms with Gasteiger partial charge in [-0.25, -0.2) is 4.39 Å². The van der Waals surface area contributed by atoms with Gasteiger partial charge in [0, 0.05) is 5.69 Å². The topological polar surface area (TPSA) is 81.0 Å². The molecule has 0 atom stereocenters. The summed E-state index contributed by atoms with van der Waals surface area (Å²) in [5.74, 6) is 0.377. The van der Waals surface area contributed by atoms with Crippen molar-refractivity contribution in [2.45, 2.75) is 0 Å². The number of carbonyl (C=O) groups is 1. The molecular weight excluding hydrogens is 353 g/mol. The molecule has 0 bridgehead atoms. The van der Waals surface area contributed by atoms with Gasteiger partial charge in [-0.2, -0.15) is 9.97 Å². The molecule has 2 N–H and O–H groups in total. The molecule has 2 heterocycles. The summed E-state index contributed by atoms with van der Waals surface area (Å²) in [5.41, 5.74) is 0.997. The van der Waals surface area contributed by atoms with Gasteiger partial charge in [0.1, 0.15) is 5.82 Å². The van der Waals surface area contributed by atoms with E-state index < -0.39 is 0 Å². The Hall–Kier alpha value is -2.94. The molecule has 1 saturated heterocycles. The van der Waals surface area contributed by atoms with Crippen LogP contribution in [0.5, 0.6) is 11.8 Å². The fourth-order valence-corrected chi connectivity index (χ4v) is 2.97. The van der Waals surface area contributed by atoms with Gasteiger partial charge in [-0.1, -0.05) is 0 Å². The zero-order chi connectivity index (χ0) is 19.2. The number of piperazine rings is 1. The number of amides is 1. The lowest BCUT2D eigenvalue weighted by molar-refractivity contribution is -0.892. The maximum absolute atomic E-state index is 13.0. The first kappa shape index (κ1) is 18.8. The van der Waals surface area contributed by atoms with Crippen molar-refractivity contribution in [2.24, 2.45) is 0 Å². The van der Waals surface area contributed by atoms with Gasteiger partial charge < -0.3 is 19.3 Å². The molecule has 1 aliphatic heterocycles. The minimum absolute atomic E-state index is 0.153. The van der Waals surface area contributed by atoms with Crippen LogP contribution < -0.4 is 24.6 Å². The SMILES string of the molecule is COc1cc(OC)nc(NC(=O)C[NH+]2CCN(c3ccc(F)cc3)CC2)n1. The Morgan fingerprint density at radius 2 is 1.74 bits per heavy atom. The van der Waals surface area contributed by atoms with Crippen LogP contribution in [0.25, 0.3) is 0 Å². The first-order valence-corrected chi connectivity index (χ1v) is 8.68. The zero-order valence-corrected chi connectivity index (χ0v) is 15.4.